The van der Waals surface area contributed by atoms with Crippen LogP contribution >= 0.6 is 24.0 Å². The van der Waals surface area contributed by atoms with Crippen LogP contribution < -0.4 is 20.3 Å². The summed E-state index contributed by atoms with van der Waals surface area (Å²) in [4.78, 5) is 6.58. The molecule has 0 radical (unpaired) electrons. The van der Waals surface area contributed by atoms with Gasteiger partial charge in [0.1, 0.15) is 5.75 Å². The Labute approximate surface area is 189 Å². The smallest absolute Gasteiger partial charge is 0.387 e. The lowest BCUT2D eigenvalue weighted by Crippen LogP contribution is -2.45. The maximum atomic E-state index is 12.7. The van der Waals surface area contributed by atoms with Crippen LogP contribution in [0.2, 0.25) is 0 Å². The highest BCUT2D eigenvalue weighted by molar-refractivity contribution is 14.0. The molecule has 0 spiro atoms. The third kappa shape index (κ3) is 7.76. The van der Waals surface area contributed by atoms with Crippen molar-refractivity contribution < 1.29 is 18.6 Å². The SMILES string of the molecule is CCNC(=NCC(O)(CC)CC)NC1CCN(c2ccccc2OC(F)F)C1.I. The van der Waals surface area contributed by atoms with Crippen LogP contribution in [0.4, 0.5) is 14.5 Å². The quantitative estimate of drug-likeness (QED) is 0.261. The average Bonchev–Trinajstić information content (AvgIpc) is 3.14. The molecule has 0 aromatic heterocycles. The molecular weight excluding hydrogens is 493 g/mol. The van der Waals surface area contributed by atoms with Gasteiger partial charge in [-0.15, -0.1) is 24.0 Å². The molecule has 1 aromatic rings. The molecule has 1 atom stereocenters. The molecule has 2 rings (SSSR count). The van der Waals surface area contributed by atoms with Gasteiger partial charge in [-0.25, -0.2) is 0 Å². The van der Waals surface area contributed by atoms with E-state index in [-0.39, 0.29) is 35.8 Å². The lowest BCUT2D eigenvalue weighted by Gasteiger charge is -2.25. The van der Waals surface area contributed by atoms with Gasteiger partial charge in [0.15, 0.2) is 5.96 Å². The van der Waals surface area contributed by atoms with Gasteiger partial charge in [-0.2, -0.15) is 8.78 Å². The lowest BCUT2D eigenvalue weighted by atomic mass is 9.98. The third-order valence-corrected chi connectivity index (χ3v) is 5.14. The Bertz CT molecular complexity index is 645. The molecule has 1 unspecified atom stereocenters. The molecule has 0 amide bonds. The molecule has 0 bridgehead atoms. The number of aliphatic imine (C=N–C) groups is 1. The van der Waals surface area contributed by atoms with Crippen molar-refractivity contribution in [3.05, 3.63) is 24.3 Å². The molecule has 0 saturated carbocycles. The summed E-state index contributed by atoms with van der Waals surface area (Å²) >= 11 is 0. The second-order valence-corrected chi connectivity index (χ2v) is 7.05. The number of alkyl halides is 2. The number of nitrogens with zero attached hydrogens (tertiary/aromatic N) is 2. The molecular formula is C20H33F2IN4O2. The van der Waals surface area contributed by atoms with Gasteiger partial charge >= 0.3 is 6.61 Å². The molecule has 1 aromatic carbocycles. The van der Waals surface area contributed by atoms with E-state index in [0.29, 0.717) is 44.1 Å². The van der Waals surface area contributed by atoms with Gasteiger partial charge in [0, 0.05) is 25.7 Å². The Kier molecular flexibility index (Phi) is 10.9. The second kappa shape index (κ2) is 12.4. The normalized spacial score (nSPS) is 17.3. The molecule has 29 heavy (non-hydrogen) atoms. The zero-order chi connectivity index (χ0) is 20.6. The summed E-state index contributed by atoms with van der Waals surface area (Å²) in [7, 11) is 0. The first-order valence-electron chi connectivity index (χ1n) is 9.96. The van der Waals surface area contributed by atoms with Crippen molar-refractivity contribution in [3.8, 4) is 5.75 Å². The number of guanidine groups is 1. The second-order valence-electron chi connectivity index (χ2n) is 7.05. The van der Waals surface area contributed by atoms with Crippen molar-refractivity contribution in [3.63, 3.8) is 0 Å². The van der Waals surface area contributed by atoms with Crippen molar-refractivity contribution in [2.24, 2.45) is 4.99 Å². The van der Waals surface area contributed by atoms with E-state index in [1.165, 1.54) is 0 Å². The highest BCUT2D eigenvalue weighted by Gasteiger charge is 2.27. The summed E-state index contributed by atoms with van der Waals surface area (Å²) < 4.78 is 30.0. The van der Waals surface area contributed by atoms with Crippen molar-refractivity contribution >= 4 is 35.6 Å². The van der Waals surface area contributed by atoms with E-state index in [4.69, 9.17) is 0 Å². The standard InChI is InChI=1S/C20H32F2N4O2.HI/c1-4-20(27,5-2)14-24-19(23-6-3)25-15-11-12-26(13-15)16-9-7-8-10-17(16)28-18(21)22;/h7-10,15,18,27H,4-6,11-14H2,1-3H3,(H2,23,24,25);1H. The number of ether oxygens (including phenoxy) is 1. The Morgan fingerprint density at radius 3 is 2.62 bits per heavy atom. The fourth-order valence-electron chi connectivity index (χ4n) is 3.22. The van der Waals surface area contributed by atoms with E-state index in [1.807, 2.05) is 31.7 Å². The topological polar surface area (TPSA) is 69.1 Å². The maximum Gasteiger partial charge on any atom is 0.387 e. The largest absolute Gasteiger partial charge is 0.433 e. The number of para-hydroxylation sites is 2. The fourth-order valence-corrected chi connectivity index (χ4v) is 3.22. The number of benzene rings is 1. The maximum absolute atomic E-state index is 12.7. The average molecular weight is 526 g/mol. The number of hydrogen-bond donors (Lipinski definition) is 3. The van der Waals surface area contributed by atoms with Crippen LogP contribution in [0.5, 0.6) is 5.75 Å². The van der Waals surface area contributed by atoms with Crippen molar-refractivity contribution in [2.45, 2.75) is 58.3 Å². The minimum absolute atomic E-state index is 0. The molecule has 1 fully saturated rings. The first-order valence-corrected chi connectivity index (χ1v) is 9.96. The molecule has 1 aliphatic heterocycles. The molecule has 6 nitrogen and oxygen atoms in total. The van der Waals surface area contributed by atoms with Crippen LogP contribution in [0.3, 0.4) is 0 Å². The zero-order valence-electron chi connectivity index (χ0n) is 17.3. The first kappa shape index (κ1) is 25.7. The molecule has 1 saturated heterocycles. The number of anilines is 1. The van der Waals surface area contributed by atoms with Gasteiger partial charge in [-0.05, 0) is 38.3 Å². The van der Waals surface area contributed by atoms with E-state index in [2.05, 4.69) is 20.4 Å². The third-order valence-electron chi connectivity index (χ3n) is 5.14. The first-order chi connectivity index (χ1) is 13.4. The molecule has 166 valence electrons. The Balaban J connectivity index is 0.00000420. The molecule has 0 aliphatic carbocycles. The molecule has 1 aliphatic rings. The van der Waals surface area contributed by atoms with Gasteiger partial charge in [-0.3, -0.25) is 4.99 Å². The van der Waals surface area contributed by atoms with Gasteiger partial charge in [0.05, 0.1) is 17.8 Å². The van der Waals surface area contributed by atoms with E-state index in [1.54, 1.807) is 18.2 Å². The Hall–Kier alpha value is -1.36. The highest BCUT2D eigenvalue weighted by Crippen LogP contribution is 2.31. The van der Waals surface area contributed by atoms with E-state index in [0.717, 1.165) is 13.0 Å². The molecule has 9 heteroatoms. The fraction of sp³-hybridized carbons (Fsp3) is 0.650. The summed E-state index contributed by atoms with van der Waals surface area (Å²) in [5.74, 6) is 0.849. The van der Waals surface area contributed by atoms with Crippen LogP contribution in [-0.2, 0) is 0 Å². The van der Waals surface area contributed by atoms with Gasteiger partial charge in [0.25, 0.3) is 0 Å². The van der Waals surface area contributed by atoms with Gasteiger partial charge < -0.3 is 25.4 Å². The molecule has 1 heterocycles. The molecule has 3 N–H and O–H groups in total. The van der Waals surface area contributed by atoms with Crippen molar-refractivity contribution in [2.75, 3.05) is 31.1 Å². The minimum Gasteiger partial charge on any atom is -0.433 e. The van der Waals surface area contributed by atoms with Crippen LogP contribution in [0.25, 0.3) is 0 Å². The predicted molar refractivity (Wildman–Crippen MR) is 124 cm³/mol. The summed E-state index contributed by atoms with van der Waals surface area (Å²) in [6, 6.07) is 6.97. The Morgan fingerprint density at radius 2 is 2.00 bits per heavy atom. The lowest BCUT2D eigenvalue weighted by molar-refractivity contribution is -0.0495. The summed E-state index contributed by atoms with van der Waals surface area (Å²) in [6.07, 6.45) is 2.13. The monoisotopic (exact) mass is 526 g/mol. The van der Waals surface area contributed by atoms with Crippen LogP contribution in [0, 0.1) is 0 Å². The van der Waals surface area contributed by atoms with Crippen LogP contribution in [-0.4, -0.2) is 55.5 Å². The number of rotatable bonds is 9. The number of nitrogens with one attached hydrogen (secondary N) is 2. The van der Waals surface area contributed by atoms with Gasteiger partial charge in [0.2, 0.25) is 0 Å². The Morgan fingerprint density at radius 1 is 1.31 bits per heavy atom. The summed E-state index contributed by atoms with van der Waals surface area (Å²) in [5.41, 5.74) is -0.129. The van der Waals surface area contributed by atoms with Crippen molar-refractivity contribution in [1.82, 2.24) is 10.6 Å². The summed E-state index contributed by atoms with van der Waals surface area (Å²) in [6.45, 7) is 5.47. The minimum atomic E-state index is -2.85. The van der Waals surface area contributed by atoms with Crippen LogP contribution in [0.1, 0.15) is 40.0 Å². The number of hydrogen-bond acceptors (Lipinski definition) is 4. The van der Waals surface area contributed by atoms with Crippen molar-refractivity contribution in [1.29, 1.82) is 0 Å². The number of halogens is 3. The summed E-state index contributed by atoms with van der Waals surface area (Å²) in [5, 5.41) is 17.1. The van der Waals surface area contributed by atoms with Crippen LogP contribution in [0.15, 0.2) is 29.3 Å². The highest BCUT2D eigenvalue weighted by atomic mass is 127. The van der Waals surface area contributed by atoms with Gasteiger partial charge in [-0.1, -0.05) is 26.0 Å². The van der Waals surface area contributed by atoms with E-state index >= 15 is 0 Å². The van der Waals surface area contributed by atoms with E-state index < -0.39 is 12.2 Å². The zero-order valence-corrected chi connectivity index (χ0v) is 19.7. The predicted octanol–water partition coefficient (Wildman–Crippen LogP) is 3.59. The van der Waals surface area contributed by atoms with E-state index in [9.17, 15) is 13.9 Å². The number of aliphatic hydroxyl groups is 1.